The maximum absolute atomic E-state index is 5.75. The van der Waals surface area contributed by atoms with Crippen molar-refractivity contribution in [3.8, 4) is 0 Å². The molecular weight excluding hydrogens is 230 g/mol. The van der Waals surface area contributed by atoms with Crippen molar-refractivity contribution in [2.24, 2.45) is 0 Å². The molecule has 1 unspecified atom stereocenters. The van der Waals surface area contributed by atoms with E-state index in [1.54, 1.807) is 6.20 Å². The zero-order valence-corrected chi connectivity index (χ0v) is 10.8. The lowest BCUT2D eigenvalue weighted by molar-refractivity contribution is 0.767. The largest absolute Gasteiger partial charge is 0.366 e. The van der Waals surface area contributed by atoms with Crippen LogP contribution in [0, 0.1) is 6.92 Å². The molecule has 0 fully saturated rings. The fourth-order valence-electron chi connectivity index (χ4n) is 1.22. The van der Waals surface area contributed by atoms with Gasteiger partial charge in [0.15, 0.2) is 0 Å². The molecule has 1 atom stereocenters. The van der Waals surface area contributed by atoms with E-state index in [0.29, 0.717) is 11.3 Å². The molecule has 0 aliphatic rings. The van der Waals surface area contributed by atoms with E-state index in [-0.39, 0.29) is 0 Å². The maximum Gasteiger partial charge on any atom is 0.224 e. The van der Waals surface area contributed by atoms with Crippen molar-refractivity contribution in [2.75, 3.05) is 17.3 Å². The Labute approximate surface area is 100 Å². The molecule has 3 nitrogen and oxygen atoms in total. The Balaban J connectivity index is 2.73. The van der Waals surface area contributed by atoms with Crippen LogP contribution in [0.3, 0.4) is 0 Å². The number of halogens is 1. The van der Waals surface area contributed by atoms with Gasteiger partial charge in [0.1, 0.15) is 5.82 Å². The normalized spacial score (nSPS) is 12.5. The van der Waals surface area contributed by atoms with Crippen LogP contribution in [0.4, 0.5) is 5.82 Å². The minimum absolute atomic E-state index is 0.294. The molecule has 15 heavy (non-hydrogen) atoms. The summed E-state index contributed by atoms with van der Waals surface area (Å²) in [5.74, 6) is 1.91. The molecule has 0 amide bonds. The van der Waals surface area contributed by atoms with E-state index < -0.39 is 0 Å². The number of thioether (sulfide) groups is 1. The molecule has 0 saturated heterocycles. The van der Waals surface area contributed by atoms with Gasteiger partial charge in [-0.3, -0.25) is 0 Å². The second-order valence-electron chi connectivity index (χ2n) is 3.38. The summed E-state index contributed by atoms with van der Waals surface area (Å²) in [5, 5.41) is 3.68. The van der Waals surface area contributed by atoms with Crippen molar-refractivity contribution in [3.63, 3.8) is 0 Å². The number of aryl methyl sites for hydroxylation is 1. The van der Waals surface area contributed by atoms with Crippen molar-refractivity contribution in [2.45, 2.75) is 26.3 Å². The predicted octanol–water partition coefficient (Wildman–Crippen LogP) is 2.99. The van der Waals surface area contributed by atoms with Gasteiger partial charge in [-0.25, -0.2) is 9.97 Å². The fourth-order valence-corrected chi connectivity index (χ4v) is 2.08. The van der Waals surface area contributed by atoms with E-state index >= 15 is 0 Å². The van der Waals surface area contributed by atoms with Gasteiger partial charge in [0, 0.05) is 23.6 Å². The van der Waals surface area contributed by atoms with E-state index in [2.05, 4.69) is 28.5 Å². The molecule has 0 aliphatic carbocycles. The summed E-state index contributed by atoms with van der Waals surface area (Å²) in [6, 6.07) is 0.435. The molecule has 0 radical (unpaired) electrons. The van der Waals surface area contributed by atoms with Crippen LogP contribution in [0.25, 0.3) is 0 Å². The van der Waals surface area contributed by atoms with Gasteiger partial charge in [-0.2, -0.15) is 11.8 Å². The number of nitrogens with one attached hydrogen (secondary N) is 1. The van der Waals surface area contributed by atoms with E-state index in [4.69, 9.17) is 11.6 Å². The predicted molar refractivity (Wildman–Crippen MR) is 67.9 cm³/mol. The highest BCUT2D eigenvalue weighted by Crippen LogP contribution is 2.15. The summed E-state index contributed by atoms with van der Waals surface area (Å²) >= 11 is 7.58. The Morgan fingerprint density at radius 3 is 2.93 bits per heavy atom. The average Bonchev–Trinajstić information content (AvgIpc) is 2.22. The second-order valence-corrected chi connectivity index (χ2v) is 4.62. The summed E-state index contributed by atoms with van der Waals surface area (Å²) in [6.07, 6.45) is 4.91. The van der Waals surface area contributed by atoms with Crippen LogP contribution in [0.5, 0.6) is 0 Å². The van der Waals surface area contributed by atoms with E-state index in [1.807, 2.05) is 18.7 Å². The molecule has 0 aromatic carbocycles. The summed E-state index contributed by atoms with van der Waals surface area (Å²) in [6.45, 7) is 4.14. The minimum atomic E-state index is 0.294. The van der Waals surface area contributed by atoms with Crippen molar-refractivity contribution < 1.29 is 0 Å². The summed E-state index contributed by atoms with van der Waals surface area (Å²) in [4.78, 5) is 8.10. The van der Waals surface area contributed by atoms with Crippen LogP contribution in [0.2, 0.25) is 5.28 Å². The Hall–Kier alpha value is -0.480. The number of aromatic nitrogens is 2. The van der Waals surface area contributed by atoms with Gasteiger partial charge in [-0.15, -0.1) is 0 Å². The first kappa shape index (κ1) is 12.6. The Morgan fingerprint density at radius 2 is 2.33 bits per heavy atom. The van der Waals surface area contributed by atoms with Gasteiger partial charge in [0.05, 0.1) is 0 Å². The summed E-state index contributed by atoms with van der Waals surface area (Å²) < 4.78 is 0. The lowest BCUT2D eigenvalue weighted by atomic mass is 10.2. The lowest BCUT2D eigenvalue weighted by Gasteiger charge is -2.17. The minimum Gasteiger partial charge on any atom is -0.366 e. The number of anilines is 1. The summed E-state index contributed by atoms with van der Waals surface area (Å²) in [7, 11) is 0. The van der Waals surface area contributed by atoms with Crippen LogP contribution in [0.15, 0.2) is 6.20 Å². The van der Waals surface area contributed by atoms with E-state index in [0.717, 1.165) is 23.6 Å². The molecule has 1 aromatic heterocycles. The molecule has 0 saturated carbocycles. The van der Waals surface area contributed by atoms with Crippen LogP contribution in [-0.2, 0) is 0 Å². The average molecular weight is 246 g/mol. The highest BCUT2D eigenvalue weighted by atomic mass is 35.5. The molecule has 1 N–H and O–H groups in total. The first-order valence-corrected chi connectivity index (χ1v) is 6.69. The monoisotopic (exact) mass is 245 g/mol. The fraction of sp³-hybridized carbons (Fsp3) is 0.600. The number of hydrogen-bond acceptors (Lipinski definition) is 4. The highest BCUT2D eigenvalue weighted by molar-refractivity contribution is 7.98. The SMILES string of the molecule is CCC(CSC)Nc1nc(Cl)ncc1C. The van der Waals surface area contributed by atoms with Gasteiger partial charge in [0.2, 0.25) is 5.28 Å². The third-order valence-electron chi connectivity index (χ3n) is 2.14. The number of rotatable bonds is 5. The van der Waals surface area contributed by atoms with E-state index in [9.17, 15) is 0 Å². The zero-order valence-electron chi connectivity index (χ0n) is 9.25. The quantitative estimate of drug-likeness (QED) is 0.810. The topological polar surface area (TPSA) is 37.8 Å². The smallest absolute Gasteiger partial charge is 0.224 e. The van der Waals surface area contributed by atoms with Crippen LogP contribution < -0.4 is 5.32 Å². The van der Waals surface area contributed by atoms with Gasteiger partial charge in [-0.05, 0) is 31.2 Å². The highest BCUT2D eigenvalue weighted by Gasteiger charge is 2.08. The van der Waals surface area contributed by atoms with Gasteiger partial charge >= 0.3 is 0 Å². The molecular formula is C10H16ClN3S. The van der Waals surface area contributed by atoms with Crippen LogP contribution in [-0.4, -0.2) is 28.0 Å². The second kappa shape index (κ2) is 6.18. The summed E-state index contributed by atoms with van der Waals surface area (Å²) in [5.41, 5.74) is 1.03. The molecule has 0 spiro atoms. The standard InChI is InChI=1S/C10H16ClN3S/c1-4-8(6-15-3)13-9-7(2)5-12-10(11)14-9/h5,8H,4,6H2,1-3H3,(H,12,13,14). The van der Waals surface area contributed by atoms with Crippen molar-refractivity contribution >= 4 is 29.2 Å². The third kappa shape index (κ3) is 3.87. The molecule has 0 bridgehead atoms. The third-order valence-corrected chi connectivity index (χ3v) is 3.06. The Bertz CT molecular complexity index is 320. The molecule has 1 rings (SSSR count). The first-order valence-electron chi connectivity index (χ1n) is 4.92. The van der Waals surface area contributed by atoms with Crippen LogP contribution >= 0.6 is 23.4 Å². The maximum atomic E-state index is 5.75. The van der Waals surface area contributed by atoms with Gasteiger partial charge in [0.25, 0.3) is 0 Å². The van der Waals surface area contributed by atoms with Gasteiger partial charge < -0.3 is 5.32 Å². The van der Waals surface area contributed by atoms with Crippen molar-refractivity contribution in [1.29, 1.82) is 0 Å². The number of nitrogens with zero attached hydrogens (tertiary/aromatic N) is 2. The van der Waals surface area contributed by atoms with E-state index in [1.165, 1.54) is 0 Å². The van der Waals surface area contributed by atoms with Gasteiger partial charge in [-0.1, -0.05) is 6.92 Å². The Morgan fingerprint density at radius 1 is 1.60 bits per heavy atom. The molecule has 5 heteroatoms. The molecule has 0 aliphatic heterocycles. The van der Waals surface area contributed by atoms with Crippen molar-refractivity contribution in [3.05, 3.63) is 17.0 Å². The van der Waals surface area contributed by atoms with Crippen molar-refractivity contribution in [1.82, 2.24) is 9.97 Å². The lowest BCUT2D eigenvalue weighted by Crippen LogP contribution is -2.22. The number of hydrogen-bond donors (Lipinski definition) is 1. The Kier molecular flexibility index (Phi) is 5.19. The molecule has 1 aromatic rings. The zero-order chi connectivity index (χ0) is 11.3. The molecule has 84 valence electrons. The van der Waals surface area contributed by atoms with Crippen LogP contribution in [0.1, 0.15) is 18.9 Å². The molecule has 1 heterocycles. The first-order chi connectivity index (χ1) is 7.17.